The number of nitrogens with zero attached hydrogens (tertiary/aromatic N) is 3. The van der Waals surface area contributed by atoms with Gasteiger partial charge in [0, 0.05) is 5.56 Å². The molecule has 1 N–H and O–H groups in total. The second-order valence-electron chi connectivity index (χ2n) is 4.88. The molecule has 0 aliphatic heterocycles. The number of tetrazole rings is 1. The predicted molar refractivity (Wildman–Crippen MR) is 81.7 cm³/mol. The van der Waals surface area contributed by atoms with Gasteiger partial charge in [-0.3, -0.25) is 0 Å². The fourth-order valence-corrected chi connectivity index (χ4v) is 2.06. The number of hydrogen-bond donors (Lipinski definition) is 1. The molecule has 0 fully saturated rings. The van der Waals surface area contributed by atoms with E-state index in [-0.39, 0.29) is 0 Å². The van der Waals surface area contributed by atoms with Crippen LogP contribution in [0.4, 0.5) is 0 Å². The summed E-state index contributed by atoms with van der Waals surface area (Å²) >= 11 is 0. The first-order valence-electron chi connectivity index (χ1n) is 6.86. The number of rotatable bonds is 5. The Kier molecular flexibility index (Phi) is 4.00. The van der Waals surface area contributed by atoms with Crippen LogP contribution in [0.2, 0.25) is 0 Å². The third-order valence-corrected chi connectivity index (χ3v) is 3.28. The number of aromatic nitrogens is 4. The van der Waals surface area contributed by atoms with Crippen molar-refractivity contribution in [3.8, 4) is 22.9 Å². The molecule has 0 saturated heterocycles. The lowest BCUT2D eigenvalue weighted by molar-refractivity contribution is 0.284. The Morgan fingerprint density at radius 1 is 1.05 bits per heavy atom. The molecule has 112 valence electrons. The van der Waals surface area contributed by atoms with E-state index in [1.165, 1.54) is 5.56 Å². The highest BCUT2D eigenvalue weighted by atomic mass is 16.5. The Morgan fingerprint density at radius 3 is 2.55 bits per heavy atom. The zero-order valence-electron chi connectivity index (χ0n) is 12.4. The Morgan fingerprint density at radius 2 is 1.86 bits per heavy atom. The molecule has 0 radical (unpaired) electrons. The zero-order valence-corrected chi connectivity index (χ0v) is 12.4. The molecule has 0 amide bonds. The summed E-state index contributed by atoms with van der Waals surface area (Å²) in [5, 5.41) is 13.9. The quantitative estimate of drug-likeness (QED) is 0.783. The highest BCUT2D eigenvalue weighted by Crippen LogP contribution is 2.31. The molecule has 0 bridgehead atoms. The highest BCUT2D eigenvalue weighted by molar-refractivity contribution is 5.60. The molecular formula is C16H16N4O2. The van der Waals surface area contributed by atoms with Gasteiger partial charge in [-0.1, -0.05) is 29.8 Å². The van der Waals surface area contributed by atoms with E-state index in [9.17, 15) is 0 Å². The summed E-state index contributed by atoms with van der Waals surface area (Å²) in [4.78, 5) is 0. The molecule has 3 rings (SSSR count). The van der Waals surface area contributed by atoms with E-state index in [4.69, 9.17) is 9.47 Å². The zero-order chi connectivity index (χ0) is 15.4. The molecule has 6 heteroatoms. The minimum absolute atomic E-state index is 0.484. The Bertz CT molecular complexity index is 739. The summed E-state index contributed by atoms with van der Waals surface area (Å²) in [5.41, 5.74) is 3.15. The van der Waals surface area contributed by atoms with Crippen molar-refractivity contribution in [1.82, 2.24) is 20.6 Å². The topological polar surface area (TPSA) is 72.9 Å². The first kappa shape index (κ1) is 14.1. The van der Waals surface area contributed by atoms with E-state index in [2.05, 4.69) is 51.8 Å². The number of hydrogen-bond acceptors (Lipinski definition) is 5. The number of ether oxygens (including phenoxy) is 2. The summed E-state index contributed by atoms with van der Waals surface area (Å²) < 4.78 is 11.2. The standard InChI is InChI=1S/C16H16N4O2/c1-11-3-5-12(6-4-11)10-22-14-8-7-13(9-15(14)21-2)16-17-19-20-18-16/h3-9H,10H2,1-2H3,(H,17,18,19,20). The molecule has 22 heavy (non-hydrogen) atoms. The lowest BCUT2D eigenvalue weighted by Crippen LogP contribution is -1.98. The van der Waals surface area contributed by atoms with Gasteiger partial charge in [0.1, 0.15) is 6.61 Å². The van der Waals surface area contributed by atoms with E-state index >= 15 is 0 Å². The van der Waals surface area contributed by atoms with Gasteiger partial charge < -0.3 is 9.47 Å². The van der Waals surface area contributed by atoms with Crippen molar-refractivity contribution in [3.05, 3.63) is 53.6 Å². The van der Waals surface area contributed by atoms with Crippen LogP contribution in [0.3, 0.4) is 0 Å². The monoisotopic (exact) mass is 296 g/mol. The normalized spacial score (nSPS) is 10.5. The van der Waals surface area contributed by atoms with Gasteiger partial charge >= 0.3 is 0 Å². The molecule has 0 aliphatic rings. The van der Waals surface area contributed by atoms with Gasteiger partial charge in [-0.05, 0) is 35.9 Å². The van der Waals surface area contributed by atoms with Gasteiger partial charge in [0.2, 0.25) is 5.82 Å². The minimum atomic E-state index is 0.484. The fourth-order valence-electron chi connectivity index (χ4n) is 2.06. The van der Waals surface area contributed by atoms with Gasteiger partial charge in [-0.25, -0.2) is 0 Å². The van der Waals surface area contributed by atoms with Crippen molar-refractivity contribution < 1.29 is 9.47 Å². The maximum atomic E-state index is 5.84. The number of methoxy groups -OCH3 is 1. The summed E-state index contributed by atoms with van der Waals surface area (Å²) in [6.07, 6.45) is 0. The molecule has 0 spiro atoms. The maximum absolute atomic E-state index is 5.84. The van der Waals surface area contributed by atoms with Crippen LogP contribution in [0.15, 0.2) is 42.5 Å². The van der Waals surface area contributed by atoms with Crippen molar-refractivity contribution in [2.24, 2.45) is 0 Å². The first-order chi connectivity index (χ1) is 10.8. The van der Waals surface area contributed by atoms with E-state index in [1.54, 1.807) is 7.11 Å². The number of nitrogens with one attached hydrogen (secondary N) is 1. The third-order valence-electron chi connectivity index (χ3n) is 3.28. The number of aromatic amines is 1. The number of aryl methyl sites for hydroxylation is 1. The molecule has 2 aromatic carbocycles. The van der Waals surface area contributed by atoms with Crippen LogP contribution in [0, 0.1) is 6.92 Å². The first-order valence-corrected chi connectivity index (χ1v) is 6.86. The predicted octanol–water partition coefficient (Wildman–Crippen LogP) is 2.76. The van der Waals surface area contributed by atoms with E-state index in [0.29, 0.717) is 23.9 Å². The van der Waals surface area contributed by atoms with Gasteiger partial charge in [0.25, 0.3) is 0 Å². The van der Waals surface area contributed by atoms with Crippen LogP contribution in [0.25, 0.3) is 11.4 Å². The molecule has 0 saturated carbocycles. The van der Waals surface area contributed by atoms with Crippen molar-refractivity contribution in [2.75, 3.05) is 7.11 Å². The second-order valence-corrected chi connectivity index (χ2v) is 4.88. The average molecular weight is 296 g/mol. The second kappa shape index (κ2) is 6.26. The van der Waals surface area contributed by atoms with Crippen molar-refractivity contribution in [3.63, 3.8) is 0 Å². The van der Waals surface area contributed by atoms with Gasteiger partial charge in [0.15, 0.2) is 11.5 Å². The molecule has 6 nitrogen and oxygen atoms in total. The smallest absolute Gasteiger partial charge is 0.204 e. The van der Waals surface area contributed by atoms with Crippen molar-refractivity contribution >= 4 is 0 Å². The van der Waals surface area contributed by atoms with Gasteiger partial charge in [-0.15, -0.1) is 10.2 Å². The van der Waals surface area contributed by atoms with Crippen molar-refractivity contribution in [1.29, 1.82) is 0 Å². The summed E-state index contributed by atoms with van der Waals surface area (Å²) in [7, 11) is 1.61. The van der Waals surface area contributed by atoms with Gasteiger partial charge in [0.05, 0.1) is 7.11 Å². The van der Waals surface area contributed by atoms with Crippen LogP contribution in [-0.4, -0.2) is 27.7 Å². The number of benzene rings is 2. The third kappa shape index (κ3) is 3.06. The van der Waals surface area contributed by atoms with Crippen LogP contribution in [-0.2, 0) is 6.61 Å². The van der Waals surface area contributed by atoms with Crippen molar-refractivity contribution in [2.45, 2.75) is 13.5 Å². The van der Waals surface area contributed by atoms with Crippen LogP contribution < -0.4 is 9.47 Å². The van der Waals surface area contributed by atoms with Crippen LogP contribution in [0.5, 0.6) is 11.5 Å². The molecular weight excluding hydrogens is 280 g/mol. The molecule has 3 aromatic rings. The molecule has 0 unspecified atom stereocenters. The fraction of sp³-hybridized carbons (Fsp3) is 0.188. The van der Waals surface area contributed by atoms with E-state index in [0.717, 1.165) is 11.1 Å². The summed E-state index contributed by atoms with van der Waals surface area (Å²) in [5.74, 6) is 1.83. The Balaban J connectivity index is 1.77. The van der Waals surface area contributed by atoms with E-state index in [1.807, 2.05) is 18.2 Å². The van der Waals surface area contributed by atoms with Gasteiger partial charge in [-0.2, -0.15) is 5.21 Å². The molecule has 0 aliphatic carbocycles. The Hall–Kier alpha value is -2.89. The lowest BCUT2D eigenvalue weighted by atomic mass is 10.1. The Labute approximate surface area is 128 Å². The molecule has 1 heterocycles. The number of H-pyrrole nitrogens is 1. The maximum Gasteiger partial charge on any atom is 0.204 e. The minimum Gasteiger partial charge on any atom is -0.493 e. The SMILES string of the molecule is COc1cc(-c2nn[nH]n2)ccc1OCc1ccc(C)cc1. The largest absolute Gasteiger partial charge is 0.493 e. The summed E-state index contributed by atoms with van der Waals surface area (Å²) in [6.45, 7) is 2.54. The van der Waals surface area contributed by atoms with E-state index < -0.39 is 0 Å². The van der Waals surface area contributed by atoms with Crippen LogP contribution >= 0.6 is 0 Å². The lowest BCUT2D eigenvalue weighted by Gasteiger charge is -2.11. The summed E-state index contributed by atoms with van der Waals surface area (Å²) in [6, 6.07) is 13.8. The molecule has 0 atom stereocenters. The molecule has 1 aromatic heterocycles. The average Bonchev–Trinajstić information content (AvgIpc) is 3.08. The highest BCUT2D eigenvalue weighted by Gasteiger charge is 2.10. The van der Waals surface area contributed by atoms with Crippen LogP contribution in [0.1, 0.15) is 11.1 Å².